The highest BCUT2D eigenvalue weighted by Gasteiger charge is 1.98. The van der Waals surface area contributed by atoms with E-state index in [4.69, 9.17) is 6.42 Å². The normalized spacial score (nSPS) is 9.42. The van der Waals surface area contributed by atoms with Crippen molar-refractivity contribution in [1.29, 1.82) is 0 Å². The van der Waals surface area contributed by atoms with Crippen LogP contribution in [0.3, 0.4) is 0 Å². The lowest BCUT2D eigenvalue weighted by Gasteiger charge is -2.05. The predicted octanol–water partition coefficient (Wildman–Crippen LogP) is 2.83. The van der Waals surface area contributed by atoms with Crippen molar-refractivity contribution in [3.8, 4) is 5.92 Å². The summed E-state index contributed by atoms with van der Waals surface area (Å²) < 4.78 is 0. The minimum atomic E-state index is 0.726. The van der Waals surface area contributed by atoms with Gasteiger partial charge in [-0.1, -0.05) is 24.1 Å². The zero-order valence-electron chi connectivity index (χ0n) is 7.65. The van der Waals surface area contributed by atoms with Crippen molar-refractivity contribution in [2.45, 2.75) is 26.7 Å². The van der Waals surface area contributed by atoms with Crippen LogP contribution >= 0.6 is 0 Å². The lowest BCUT2D eigenvalue weighted by molar-refractivity contribution is 1.00. The van der Waals surface area contributed by atoms with Gasteiger partial charge in [0.15, 0.2) is 0 Å². The van der Waals surface area contributed by atoms with E-state index >= 15 is 0 Å². The van der Waals surface area contributed by atoms with E-state index in [0.717, 1.165) is 12.8 Å². The Morgan fingerprint density at radius 1 is 1.33 bits per heavy atom. The highest BCUT2D eigenvalue weighted by molar-refractivity contribution is 5.33. The molecular weight excluding hydrogens is 144 g/mol. The number of hydrogen-bond acceptors (Lipinski definition) is 0. The van der Waals surface area contributed by atoms with Crippen LogP contribution in [0.15, 0.2) is 18.2 Å². The molecule has 0 atom stereocenters. The summed E-state index contributed by atoms with van der Waals surface area (Å²) in [6.45, 7) is 4.25. The third-order valence-electron chi connectivity index (χ3n) is 2.24. The maximum atomic E-state index is 6.83. The molecule has 0 aromatic heterocycles. The van der Waals surface area contributed by atoms with E-state index in [2.05, 4.69) is 38.0 Å². The second kappa shape index (κ2) is 3.97. The Hall–Kier alpha value is -1.22. The molecule has 0 spiro atoms. The van der Waals surface area contributed by atoms with Gasteiger partial charge >= 0.3 is 0 Å². The molecule has 0 N–H and O–H groups in total. The van der Waals surface area contributed by atoms with Crippen molar-refractivity contribution in [3.63, 3.8) is 0 Å². The van der Waals surface area contributed by atoms with Crippen LogP contribution in [-0.4, -0.2) is 0 Å². The number of rotatable bonds is 2. The second-order valence-corrected chi connectivity index (χ2v) is 3.04. The first kappa shape index (κ1) is 8.87. The molecule has 0 unspecified atom stereocenters. The highest BCUT2D eigenvalue weighted by atomic mass is 14.0. The van der Waals surface area contributed by atoms with E-state index in [1.807, 2.05) is 0 Å². The molecule has 61 valence electrons. The quantitative estimate of drug-likeness (QED) is 0.579. The summed E-state index contributed by atoms with van der Waals surface area (Å²) in [5.74, 6) is 2.41. The third-order valence-corrected chi connectivity index (χ3v) is 2.24. The molecule has 0 amide bonds. The summed E-state index contributed by atoms with van der Waals surface area (Å²) in [5.41, 5.74) is 4.03. The molecule has 0 heteroatoms. The first-order chi connectivity index (χ1) is 5.75. The smallest absolute Gasteiger partial charge is 0.0139 e. The van der Waals surface area contributed by atoms with Crippen LogP contribution in [0.25, 0.3) is 0 Å². The number of aryl methyl sites for hydroxylation is 2. The molecule has 0 heterocycles. The maximum absolute atomic E-state index is 6.83. The van der Waals surface area contributed by atoms with Crippen molar-refractivity contribution in [2.75, 3.05) is 0 Å². The molecule has 1 aromatic carbocycles. The number of hydrogen-bond donors (Lipinski definition) is 0. The molecule has 0 saturated carbocycles. The highest BCUT2D eigenvalue weighted by Crippen LogP contribution is 2.13. The SMILES string of the molecule is [C]#CCCc1cccc(C)c1C. The Morgan fingerprint density at radius 2 is 2.08 bits per heavy atom. The summed E-state index contributed by atoms with van der Waals surface area (Å²) in [4.78, 5) is 0. The van der Waals surface area contributed by atoms with E-state index < -0.39 is 0 Å². The fourth-order valence-corrected chi connectivity index (χ4v) is 1.28. The van der Waals surface area contributed by atoms with Gasteiger partial charge in [-0.2, -0.15) is 0 Å². The lowest BCUT2D eigenvalue weighted by Crippen LogP contribution is -1.90. The molecule has 0 aliphatic rings. The zero-order chi connectivity index (χ0) is 8.97. The van der Waals surface area contributed by atoms with Gasteiger partial charge in [0.1, 0.15) is 0 Å². The lowest BCUT2D eigenvalue weighted by atomic mass is 10.00. The average Bonchev–Trinajstić information content (AvgIpc) is 2.08. The molecule has 1 aromatic rings. The van der Waals surface area contributed by atoms with Crippen LogP contribution in [0.1, 0.15) is 23.1 Å². The first-order valence-corrected chi connectivity index (χ1v) is 4.20. The van der Waals surface area contributed by atoms with E-state index in [1.54, 1.807) is 0 Å². The van der Waals surface area contributed by atoms with Gasteiger partial charge in [-0.15, -0.1) is 0 Å². The van der Waals surface area contributed by atoms with E-state index in [0.29, 0.717) is 0 Å². The molecule has 1 radical (unpaired) electrons. The molecule has 0 saturated heterocycles. The molecular formula is C12H13. The van der Waals surface area contributed by atoms with Crippen LogP contribution in [0.4, 0.5) is 0 Å². The van der Waals surface area contributed by atoms with Gasteiger partial charge in [0.05, 0.1) is 0 Å². The van der Waals surface area contributed by atoms with E-state index in [9.17, 15) is 0 Å². The average molecular weight is 157 g/mol. The topological polar surface area (TPSA) is 0 Å². The van der Waals surface area contributed by atoms with Crippen LogP contribution < -0.4 is 0 Å². The van der Waals surface area contributed by atoms with Crippen molar-refractivity contribution in [1.82, 2.24) is 0 Å². The minimum Gasteiger partial charge on any atom is -0.0888 e. The standard InChI is InChI=1S/C12H13/c1-4-5-8-12-9-6-7-10(2)11(12)3/h6-7,9H,5,8H2,2-3H3. The van der Waals surface area contributed by atoms with Gasteiger partial charge in [-0.05, 0) is 43.4 Å². The Kier molecular flexibility index (Phi) is 2.94. The van der Waals surface area contributed by atoms with E-state index in [-0.39, 0.29) is 0 Å². The minimum absolute atomic E-state index is 0.726. The van der Waals surface area contributed by atoms with Gasteiger partial charge in [0.25, 0.3) is 0 Å². The summed E-state index contributed by atoms with van der Waals surface area (Å²) >= 11 is 0. The van der Waals surface area contributed by atoms with Crippen LogP contribution in [-0.2, 0) is 6.42 Å². The number of benzene rings is 1. The first-order valence-electron chi connectivity index (χ1n) is 4.20. The largest absolute Gasteiger partial charge is 0.0888 e. The van der Waals surface area contributed by atoms with Crippen LogP contribution in [0.5, 0.6) is 0 Å². The molecule has 0 aliphatic heterocycles. The molecule has 0 nitrogen and oxygen atoms in total. The Bertz CT molecular complexity index is 302. The molecule has 12 heavy (non-hydrogen) atoms. The Morgan fingerprint density at radius 3 is 2.75 bits per heavy atom. The summed E-state index contributed by atoms with van der Waals surface area (Å²) in [5, 5.41) is 0. The summed E-state index contributed by atoms with van der Waals surface area (Å²) in [6, 6.07) is 6.31. The molecule has 0 aliphatic carbocycles. The monoisotopic (exact) mass is 157 g/mol. The fraction of sp³-hybridized carbons (Fsp3) is 0.333. The Labute approximate surface area is 74.6 Å². The maximum Gasteiger partial charge on any atom is 0.0139 e. The van der Waals surface area contributed by atoms with Gasteiger partial charge in [0, 0.05) is 6.42 Å². The van der Waals surface area contributed by atoms with E-state index in [1.165, 1.54) is 16.7 Å². The van der Waals surface area contributed by atoms with Crippen molar-refractivity contribution < 1.29 is 0 Å². The molecule has 1 rings (SSSR count). The van der Waals surface area contributed by atoms with Gasteiger partial charge in [-0.25, -0.2) is 0 Å². The van der Waals surface area contributed by atoms with Crippen LogP contribution in [0.2, 0.25) is 0 Å². The van der Waals surface area contributed by atoms with Crippen molar-refractivity contribution >= 4 is 0 Å². The summed E-state index contributed by atoms with van der Waals surface area (Å²) in [6.07, 6.45) is 8.49. The fourth-order valence-electron chi connectivity index (χ4n) is 1.28. The second-order valence-electron chi connectivity index (χ2n) is 3.04. The molecule has 0 bridgehead atoms. The zero-order valence-corrected chi connectivity index (χ0v) is 7.65. The Balaban J connectivity index is 2.86. The van der Waals surface area contributed by atoms with Gasteiger partial charge in [-0.3, -0.25) is 0 Å². The predicted molar refractivity (Wildman–Crippen MR) is 51.4 cm³/mol. The third kappa shape index (κ3) is 1.89. The van der Waals surface area contributed by atoms with Gasteiger partial charge in [0.2, 0.25) is 0 Å². The summed E-state index contributed by atoms with van der Waals surface area (Å²) in [7, 11) is 0. The van der Waals surface area contributed by atoms with Crippen molar-refractivity contribution in [3.05, 3.63) is 41.3 Å². The molecule has 0 fully saturated rings. The van der Waals surface area contributed by atoms with Crippen LogP contribution in [0, 0.1) is 26.2 Å². The van der Waals surface area contributed by atoms with Crippen molar-refractivity contribution in [2.24, 2.45) is 0 Å². The van der Waals surface area contributed by atoms with Gasteiger partial charge < -0.3 is 0 Å².